The molecule has 4 nitrogen and oxygen atoms in total. The zero-order valence-corrected chi connectivity index (χ0v) is 11.0. The van der Waals surface area contributed by atoms with Crippen LogP contribution in [0.5, 0.6) is 5.88 Å². The van der Waals surface area contributed by atoms with Crippen LogP contribution in [0.15, 0.2) is 36.7 Å². The van der Waals surface area contributed by atoms with Gasteiger partial charge >= 0.3 is 0 Å². The molecule has 0 aliphatic rings. The summed E-state index contributed by atoms with van der Waals surface area (Å²) in [6, 6.07) is 8.19. The molecule has 0 amide bonds. The summed E-state index contributed by atoms with van der Waals surface area (Å²) in [5.74, 6) is 1.11. The first kappa shape index (κ1) is 13.3. The lowest BCUT2D eigenvalue weighted by atomic mass is 10.2. The molecule has 1 aromatic heterocycles. The van der Waals surface area contributed by atoms with Crippen LogP contribution in [0.1, 0.15) is 5.56 Å². The summed E-state index contributed by atoms with van der Waals surface area (Å²) in [6.45, 7) is 0.496. The first-order valence-electron chi connectivity index (χ1n) is 6.02. The molecule has 0 fully saturated rings. The van der Waals surface area contributed by atoms with Crippen molar-refractivity contribution in [3.63, 3.8) is 0 Å². The van der Waals surface area contributed by atoms with Crippen LogP contribution in [0.2, 0.25) is 0 Å². The number of benzene rings is 1. The van der Waals surface area contributed by atoms with Crippen molar-refractivity contribution in [2.75, 3.05) is 25.6 Å². The number of ether oxygens (including phenoxy) is 1. The zero-order valence-electron chi connectivity index (χ0n) is 11.0. The molecular formula is C14H16FN3O. The van der Waals surface area contributed by atoms with Gasteiger partial charge in [0.1, 0.15) is 18.0 Å². The van der Waals surface area contributed by atoms with Gasteiger partial charge in [-0.25, -0.2) is 14.4 Å². The Kier molecular flexibility index (Phi) is 4.28. The van der Waals surface area contributed by atoms with Crippen LogP contribution in [0.4, 0.5) is 10.2 Å². The van der Waals surface area contributed by atoms with E-state index in [9.17, 15) is 4.39 Å². The van der Waals surface area contributed by atoms with Gasteiger partial charge in [-0.1, -0.05) is 12.1 Å². The van der Waals surface area contributed by atoms with Crippen molar-refractivity contribution in [2.45, 2.75) is 6.42 Å². The summed E-state index contributed by atoms with van der Waals surface area (Å²) >= 11 is 0. The molecule has 1 heterocycles. The molecule has 1 aromatic carbocycles. The van der Waals surface area contributed by atoms with Gasteiger partial charge in [0.2, 0.25) is 5.88 Å². The highest BCUT2D eigenvalue weighted by molar-refractivity contribution is 5.38. The smallest absolute Gasteiger partial charge is 0.218 e. The van der Waals surface area contributed by atoms with Crippen LogP contribution in [0.3, 0.4) is 0 Å². The summed E-state index contributed by atoms with van der Waals surface area (Å²) < 4.78 is 18.3. The number of hydrogen-bond acceptors (Lipinski definition) is 4. The first-order chi connectivity index (χ1) is 9.15. The average molecular weight is 261 g/mol. The van der Waals surface area contributed by atoms with Gasteiger partial charge in [-0.15, -0.1) is 0 Å². The van der Waals surface area contributed by atoms with E-state index in [1.807, 2.05) is 19.0 Å². The summed E-state index contributed by atoms with van der Waals surface area (Å²) in [6.07, 6.45) is 2.18. The third-order valence-corrected chi connectivity index (χ3v) is 2.64. The molecule has 100 valence electrons. The Bertz CT molecular complexity index is 528. The van der Waals surface area contributed by atoms with Crippen LogP contribution in [0.25, 0.3) is 0 Å². The predicted octanol–water partition coefficient (Wildman–Crippen LogP) is 2.30. The van der Waals surface area contributed by atoms with E-state index < -0.39 is 0 Å². The standard InChI is InChI=1S/C14H16FN3O/c1-18(2)13-9-14(17-10-16-13)19-8-7-11-3-5-12(15)6-4-11/h3-6,9-10H,7-8H2,1-2H3. The number of hydrogen-bond donors (Lipinski definition) is 0. The third-order valence-electron chi connectivity index (χ3n) is 2.64. The molecule has 0 bridgehead atoms. The van der Waals surface area contributed by atoms with Crippen LogP contribution < -0.4 is 9.64 Å². The molecule has 2 aromatic rings. The summed E-state index contributed by atoms with van der Waals surface area (Å²) in [5, 5.41) is 0. The second kappa shape index (κ2) is 6.13. The maximum atomic E-state index is 12.7. The SMILES string of the molecule is CN(C)c1cc(OCCc2ccc(F)cc2)ncn1. The maximum Gasteiger partial charge on any atom is 0.218 e. The molecule has 0 radical (unpaired) electrons. The highest BCUT2D eigenvalue weighted by Gasteiger charge is 2.02. The molecule has 0 unspecified atom stereocenters. The van der Waals surface area contributed by atoms with E-state index in [1.165, 1.54) is 18.5 Å². The number of anilines is 1. The normalized spacial score (nSPS) is 10.3. The van der Waals surface area contributed by atoms with Crippen molar-refractivity contribution in [3.8, 4) is 5.88 Å². The molecule has 0 aliphatic carbocycles. The molecule has 2 rings (SSSR count). The summed E-state index contributed by atoms with van der Waals surface area (Å²) in [5.41, 5.74) is 1.03. The van der Waals surface area contributed by atoms with Crippen molar-refractivity contribution in [2.24, 2.45) is 0 Å². The Labute approximate surface area is 111 Å². The lowest BCUT2D eigenvalue weighted by Crippen LogP contribution is -2.11. The molecule has 0 N–H and O–H groups in total. The fourth-order valence-electron chi connectivity index (χ4n) is 1.58. The Balaban J connectivity index is 1.88. The lowest BCUT2D eigenvalue weighted by molar-refractivity contribution is 0.309. The molecule has 0 saturated heterocycles. The van der Waals surface area contributed by atoms with Gasteiger partial charge in [0.15, 0.2) is 0 Å². The highest BCUT2D eigenvalue weighted by atomic mass is 19.1. The van der Waals surface area contributed by atoms with E-state index >= 15 is 0 Å². The van der Waals surface area contributed by atoms with Gasteiger partial charge in [-0.05, 0) is 17.7 Å². The average Bonchev–Trinajstić information content (AvgIpc) is 2.41. The number of halogens is 1. The van der Waals surface area contributed by atoms with Gasteiger partial charge in [-0.2, -0.15) is 0 Å². The van der Waals surface area contributed by atoms with Crippen LogP contribution in [0, 0.1) is 5.82 Å². The molecule has 0 atom stereocenters. The largest absolute Gasteiger partial charge is 0.477 e. The Morgan fingerprint density at radius 3 is 2.58 bits per heavy atom. The maximum absolute atomic E-state index is 12.7. The Morgan fingerprint density at radius 2 is 1.89 bits per heavy atom. The Hall–Kier alpha value is -2.17. The Morgan fingerprint density at radius 1 is 1.16 bits per heavy atom. The van der Waals surface area contributed by atoms with Gasteiger partial charge in [0.25, 0.3) is 0 Å². The molecular weight excluding hydrogens is 245 g/mol. The third kappa shape index (κ3) is 3.91. The van der Waals surface area contributed by atoms with Crippen molar-refractivity contribution < 1.29 is 9.13 Å². The number of aromatic nitrogens is 2. The zero-order chi connectivity index (χ0) is 13.7. The van der Waals surface area contributed by atoms with E-state index in [2.05, 4.69) is 9.97 Å². The monoisotopic (exact) mass is 261 g/mol. The summed E-state index contributed by atoms with van der Waals surface area (Å²) in [7, 11) is 3.81. The molecule has 19 heavy (non-hydrogen) atoms. The van der Waals surface area contributed by atoms with Gasteiger partial charge in [0, 0.05) is 26.6 Å². The minimum Gasteiger partial charge on any atom is -0.477 e. The van der Waals surface area contributed by atoms with E-state index in [1.54, 1.807) is 18.2 Å². The topological polar surface area (TPSA) is 38.2 Å². The molecule has 0 spiro atoms. The minimum absolute atomic E-state index is 0.226. The fraction of sp³-hybridized carbons (Fsp3) is 0.286. The van der Waals surface area contributed by atoms with Crippen molar-refractivity contribution in [3.05, 3.63) is 48.0 Å². The van der Waals surface area contributed by atoms with E-state index in [0.717, 1.165) is 11.4 Å². The lowest BCUT2D eigenvalue weighted by Gasteiger charge is -2.12. The highest BCUT2D eigenvalue weighted by Crippen LogP contribution is 2.13. The van der Waals surface area contributed by atoms with Crippen molar-refractivity contribution in [1.82, 2.24) is 9.97 Å². The van der Waals surface area contributed by atoms with Crippen molar-refractivity contribution in [1.29, 1.82) is 0 Å². The predicted molar refractivity (Wildman–Crippen MR) is 72.0 cm³/mol. The quantitative estimate of drug-likeness (QED) is 0.827. The van der Waals surface area contributed by atoms with Gasteiger partial charge in [0.05, 0.1) is 6.61 Å². The fourth-order valence-corrected chi connectivity index (χ4v) is 1.58. The minimum atomic E-state index is -0.226. The summed E-state index contributed by atoms with van der Waals surface area (Å²) in [4.78, 5) is 10.0. The van der Waals surface area contributed by atoms with Crippen LogP contribution in [-0.4, -0.2) is 30.7 Å². The van der Waals surface area contributed by atoms with Crippen LogP contribution in [-0.2, 0) is 6.42 Å². The van der Waals surface area contributed by atoms with E-state index in [-0.39, 0.29) is 5.82 Å². The van der Waals surface area contributed by atoms with Crippen LogP contribution >= 0.6 is 0 Å². The molecule has 0 saturated carbocycles. The molecule has 5 heteroatoms. The number of rotatable bonds is 5. The second-order valence-electron chi connectivity index (χ2n) is 4.33. The van der Waals surface area contributed by atoms with Crippen molar-refractivity contribution >= 4 is 5.82 Å². The molecule has 0 aliphatic heterocycles. The van der Waals surface area contributed by atoms with Gasteiger partial charge < -0.3 is 9.64 Å². The number of nitrogens with zero attached hydrogens (tertiary/aromatic N) is 3. The van der Waals surface area contributed by atoms with E-state index in [0.29, 0.717) is 18.9 Å². The first-order valence-corrected chi connectivity index (χ1v) is 6.02. The van der Waals surface area contributed by atoms with Gasteiger partial charge in [-0.3, -0.25) is 0 Å². The second-order valence-corrected chi connectivity index (χ2v) is 4.33. The van der Waals surface area contributed by atoms with E-state index in [4.69, 9.17) is 4.74 Å².